The van der Waals surface area contributed by atoms with Crippen LogP contribution in [0.3, 0.4) is 0 Å². The Morgan fingerprint density at radius 3 is 2.13 bits per heavy atom. The zero-order valence-corrected chi connectivity index (χ0v) is 18.9. The Morgan fingerprint density at radius 1 is 0.867 bits per heavy atom. The lowest BCUT2D eigenvalue weighted by atomic mass is 10.1. The van der Waals surface area contributed by atoms with Gasteiger partial charge in [-0.15, -0.1) is 0 Å². The molecule has 1 aromatic carbocycles. The van der Waals surface area contributed by atoms with Crippen LogP contribution in [0.5, 0.6) is 0 Å². The van der Waals surface area contributed by atoms with Gasteiger partial charge in [0.2, 0.25) is 0 Å². The highest BCUT2D eigenvalue weighted by Gasteiger charge is 2.19. The van der Waals surface area contributed by atoms with Gasteiger partial charge in [0.15, 0.2) is 11.5 Å². The highest BCUT2D eigenvalue weighted by Crippen LogP contribution is 2.29. The second-order valence-electron chi connectivity index (χ2n) is 7.74. The number of aryl methyl sites for hydroxylation is 1. The van der Waals surface area contributed by atoms with Gasteiger partial charge in [0, 0.05) is 6.54 Å². The molecule has 6 nitrogen and oxygen atoms in total. The molecule has 0 spiro atoms. The second-order valence-corrected chi connectivity index (χ2v) is 8.56. The molecule has 0 aromatic heterocycles. The summed E-state index contributed by atoms with van der Waals surface area (Å²) in [5.74, 6) is 0.283. The van der Waals surface area contributed by atoms with Gasteiger partial charge in [0.25, 0.3) is 5.56 Å². The number of nitrogens with one attached hydrogen (secondary N) is 1. The lowest BCUT2D eigenvalue weighted by molar-refractivity contribution is 0.537. The fourth-order valence-electron chi connectivity index (χ4n) is 3.77. The monoisotopic (exact) mass is 450 g/mol. The third-order valence-electron chi connectivity index (χ3n) is 5.39. The number of nitrogens with zero attached hydrogens (tertiary/aromatic N) is 3. The summed E-state index contributed by atoms with van der Waals surface area (Å²) < 4.78 is 1.86. The molecular formula is C22H28Cl2N4O2. The fourth-order valence-corrected chi connectivity index (χ4v) is 4.09. The molecule has 0 atom stereocenters. The normalized spacial score (nSPS) is 11.6. The topological polar surface area (TPSA) is 80.6 Å². The van der Waals surface area contributed by atoms with Gasteiger partial charge in [-0.25, -0.2) is 9.78 Å². The Balaban J connectivity index is 1.71. The zero-order valence-electron chi connectivity index (χ0n) is 17.3. The average Bonchev–Trinajstić information content (AvgIpc) is 2.70. The predicted molar refractivity (Wildman–Crippen MR) is 123 cm³/mol. The standard InChI is InChI=1S/C22H28Cl2N4O2/c1-2-3-4-5-6-7-8-9-10-11-12-28-18-14-16(24)15(23)13-17(18)25-19-20(28)26-22(30)27-21(19)29/h13-14H,2-12H2,1H3,(H,27,29,30). The maximum atomic E-state index is 12.3. The number of fused-ring (bicyclic) bond motifs is 2. The summed E-state index contributed by atoms with van der Waals surface area (Å²) >= 11 is 12.4. The van der Waals surface area contributed by atoms with Crippen molar-refractivity contribution in [2.24, 2.45) is 0 Å². The highest BCUT2D eigenvalue weighted by atomic mass is 35.5. The Bertz CT molecular complexity index is 1080. The number of aromatic amines is 1. The first-order chi connectivity index (χ1) is 14.5. The van der Waals surface area contributed by atoms with Crippen LogP contribution in [0.25, 0.3) is 22.6 Å². The van der Waals surface area contributed by atoms with Crippen molar-refractivity contribution in [3.8, 4) is 11.5 Å². The van der Waals surface area contributed by atoms with Crippen molar-refractivity contribution in [1.29, 1.82) is 0 Å². The molecule has 1 aromatic rings. The molecule has 3 rings (SSSR count). The number of H-pyrrole nitrogens is 1. The minimum Gasteiger partial charge on any atom is -0.322 e. The molecule has 0 unspecified atom stereocenters. The van der Waals surface area contributed by atoms with Crippen LogP contribution in [0, 0.1) is 0 Å². The lowest BCUT2D eigenvalue weighted by Crippen LogP contribution is -2.29. The Hall–Kier alpha value is -1.92. The molecule has 162 valence electrons. The van der Waals surface area contributed by atoms with Crippen LogP contribution in [0.15, 0.2) is 21.7 Å². The number of hydrogen-bond donors (Lipinski definition) is 1. The summed E-state index contributed by atoms with van der Waals surface area (Å²) in [6.45, 7) is 2.86. The minimum absolute atomic E-state index is 0.132. The highest BCUT2D eigenvalue weighted by molar-refractivity contribution is 6.42. The molecule has 0 radical (unpaired) electrons. The van der Waals surface area contributed by atoms with E-state index in [9.17, 15) is 9.59 Å². The van der Waals surface area contributed by atoms with Gasteiger partial charge in [0.1, 0.15) is 0 Å². The molecule has 0 amide bonds. The summed E-state index contributed by atoms with van der Waals surface area (Å²) in [7, 11) is 0. The van der Waals surface area contributed by atoms with Crippen molar-refractivity contribution in [2.45, 2.75) is 77.7 Å². The Morgan fingerprint density at radius 2 is 1.47 bits per heavy atom. The van der Waals surface area contributed by atoms with Gasteiger partial charge in [0.05, 0.1) is 21.1 Å². The molecule has 2 heterocycles. The van der Waals surface area contributed by atoms with Gasteiger partial charge in [-0.2, -0.15) is 4.98 Å². The predicted octanol–water partition coefficient (Wildman–Crippen LogP) is 5.81. The first-order valence-corrected chi connectivity index (χ1v) is 11.6. The Kier molecular flexibility index (Phi) is 8.28. The van der Waals surface area contributed by atoms with Gasteiger partial charge in [-0.1, -0.05) is 87.9 Å². The largest absolute Gasteiger partial charge is 0.349 e. The van der Waals surface area contributed by atoms with E-state index < -0.39 is 11.2 Å². The van der Waals surface area contributed by atoms with Gasteiger partial charge >= 0.3 is 5.69 Å². The van der Waals surface area contributed by atoms with E-state index in [0.29, 0.717) is 27.6 Å². The molecule has 0 fully saturated rings. The molecule has 30 heavy (non-hydrogen) atoms. The lowest BCUT2D eigenvalue weighted by Gasteiger charge is -2.17. The minimum atomic E-state index is -0.675. The number of halogens is 2. The zero-order chi connectivity index (χ0) is 21.5. The fraction of sp³-hybridized carbons (Fsp3) is 0.545. The number of unbranched alkanes of at least 4 members (excludes halogenated alkanes) is 9. The van der Waals surface area contributed by atoms with Crippen molar-refractivity contribution in [1.82, 2.24) is 19.5 Å². The van der Waals surface area contributed by atoms with E-state index in [1.54, 1.807) is 12.1 Å². The number of rotatable bonds is 11. The first-order valence-electron chi connectivity index (χ1n) is 10.8. The summed E-state index contributed by atoms with van der Waals surface area (Å²) in [4.78, 5) is 34.6. The Labute approximate surface area is 186 Å². The quantitative estimate of drug-likeness (QED) is 0.295. The second kappa shape index (κ2) is 10.9. The van der Waals surface area contributed by atoms with Crippen LogP contribution >= 0.6 is 23.2 Å². The van der Waals surface area contributed by atoms with E-state index in [-0.39, 0.29) is 11.5 Å². The van der Waals surface area contributed by atoms with E-state index in [2.05, 4.69) is 21.9 Å². The number of aromatic nitrogens is 4. The van der Waals surface area contributed by atoms with Crippen LogP contribution in [0.1, 0.15) is 71.1 Å². The molecule has 0 saturated carbocycles. The van der Waals surface area contributed by atoms with Crippen LogP contribution in [0.2, 0.25) is 10.0 Å². The van der Waals surface area contributed by atoms with Crippen molar-refractivity contribution in [3.05, 3.63) is 43.0 Å². The van der Waals surface area contributed by atoms with E-state index in [4.69, 9.17) is 23.2 Å². The van der Waals surface area contributed by atoms with Crippen molar-refractivity contribution in [2.75, 3.05) is 0 Å². The van der Waals surface area contributed by atoms with E-state index >= 15 is 0 Å². The third kappa shape index (κ3) is 5.61. The first kappa shape index (κ1) is 22.8. The number of benzene rings is 1. The van der Waals surface area contributed by atoms with Crippen LogP contribution in [-0.4, -0.2) is 19.5 Å². The van der Waals surface area contributed by atoms with E-state index in [1.165, 1.54) is 51.4 Å². The molecule has 0 aliphatic carbocycles. The summed E-state index contributed by atoms with van der Waals surface area (Å²) in [5, 5.41) is 0.765. The van der Waals surface area contributed by atoms with E-state index in [0.717, 1.165) is 12.8 Å². The smallest absolute Gasteiger partial charge is 0.322 e. The molecule has 0 bridgehead atoms. The molecule has 0 saturated heterocycles. The van der Waals surface area contributed by atoms with Crippen LogP contribution < -0.4 is 11.2 Å². The average molecular weight is 451 g/mol. The summed E-state index contributed by atoms with van der Waals surface area (Å²) in [6.07, 6.45) is 12.3. The third-order valence-corrected chi connectivity index (χ3v) is 6.11. The van der Waals surface area contributed by atoms with Crippen molar-refractivity contribution in [3.63, 3.8) is 0 Å². The summed E-state index contributed by atoms with van der Waals surface area (Å²) in [6, 6.07) is 3.35. The SMILES string of the molecule is CCCCCCCCCCCCn1c2nc(=O)[nH]c(=O)c-2nc2cc(Cl)c(Cl)cc21. The molecule has 8 heteroatoms. The summed E-state index contributed by atoms with van der Waals surface area (Å²) in [5.41, 5.74) is 0.174. The molecular weight excluding hydrogens is 423 g/mol. The molecule has 1 N–H and O–H groups in total. The maximum Gasteiger partial charge on any atom is 0.349 e. The van der Waals surface area contributed by atoms with Crippen molar-refractivity contribution >= 4 is 34.2 Å². The van der Waals surface area contributed by atoms with Crippen molar-refractivity contribution < 1.29 is 0 Å². The van der Waals surface area contributed by atoms with E-state index in [1.807, 2.05) is 4.57 Å². The maximum absolute atomic E-state index is 12.3. The van der Waals surface area contributed by atoms with Crippen LogP contribution in [-0.2, 0) is 6.54 Å². The van der Waals surface area contributed by atoms with Gasteiger partial charge in [-0.05, 0) is 18.6 Å². The molecule has 2 aliphatic heterocycles. The van der Waals surface area contributed by atoms with Gasteiger partial charge in [-0.3, -0.25) is 9.78 Å². The molecule has 2 aliphatic rings. The van der Waals surface area contributed by atoms with Crippen LogP contribution in [0.4, 0.5) is 0 Å². The number of hydrogen-bond acceptors (Lipinski definition) is 4. The van der Waals surface area contributed by atoms with Gasteiger partial charge < -0.3 is 4.57 Å².